The quantitative estimate of drug-likeness (QED) is 0.244. The summed E-state index contributed by atoms with van der Waals surface area (Å²) in [5.41, 5.74) is 3.00. The molecule has 1 aromatic heterocycles. The predicted octanol–water partition coefficient (Wildman–Crippen LogP) is 5.55. The number of ether oxygens (including phenoxy) is 1. The summed E-state index contributed by atoms with van der Waals surface area (Å²) in [7, 11) is -1.89. The molecule has 8 nitrogen and oxygen atoms in total. The van der Waals surface area contributed by atoms with Gasteiger partial charge in [0, 0.05) is 18.1 Å². The third-order valence-corrected chi connectivity index (χ3v) is 8.20. The van der Waals surface area contributed by atoms with Crippen molar-refractivity contribution in [1.29, 1.82) is 0 Å². The highest BCUT2D eigenvalue weighted by molar-refractivity contribution is 7.90. The molecular weight excluding hydrogens is 564 g/mol. The number of halogens is 1. The van der Waals surface area contributed by atoms with Gasteiger partial charge in [-0.2, -0.15) is 0 Å². The van der Waals surface area contributed by atoms with E-state index in [1.807, 2.05) is 60.7 Å². The van der Waals surface area contributed by atoms with Crippen molar-refractivity contribution in [2.75, 3.05) is 13.4 Å². The number of benzene rings is 4. The number of aliphatic carboxylic acids is 1. The maximum absolute atomic E-state index is 12.8. The van der Waals surface area contributed by atoms with E-state index in [2.05, 4.69) is 5.32 Å². The van der Waals surface area contributed by atoms with E-state index >= 15 is 0 Å². The van der Waals surface area contributed by atoms with Gasteiger partial charge >= 0.3 is 5.97 Å². The molecule has 208 valence electrons. The fraction of sp³-hybridized carbons (Fsp3) is 0.129. The third kappa shape index (κ3) is 5.86. The largest absolute Gasteiger partial charge is 0.496 e. The third-order valence-electron chi connectivity index (χ3n) is 6.78. The lowest BCUT2D eigenvalue weighted by Gasteiger charge is -2.16. The number of rotatable bonds is 8. The number of carbonyl (C=O) groups excluding carboxylic acids is 1. The molecule has 0 bridgehead atoms. The van der Waals surface area contributed by atoms with Crippen LogP contribution in [0.1, 0.15) is 15.9 Å². The zero-order valence-corrected chi connectivity index (χ0v) is 23.7. The molecule has 0 spiro atoms. The van der Waals surface area contributed by atoms with Crippen LogP contribution in [0.3, 0.4) is 0 Å². The SMILES string of the molecule is COc1ccc2ccccc2c1-c1ccc2cc(C[C@H](NC(=O)c3ccc(S(C)(=O)=O)cc3Cl)C(=O)O)ccc2n1. The number of aromatic nitrogens is 1. The number of amides is 1. The summed E-state index contributed by atoms with van der Waals surface area (Å²) in [6.07, 6.45) is 1.04. The number of nitrogens with one attached hydrogen (secondary N) is 1. The minimum atomic E-state index is -3.52. The molecule has 0 aliphatic heterocycles. The average Bonchev–Trinajstić information content (AvgIpc) is 2.95. The summed E-state index contributed by atoms with van der Waals surface area (Å²) in [6, 6.07) is 23.6. The van der Waals surface area contributed by atoms with E-state index in [1.54, 1.807) is 13.2 Å². The van der Waals surface area contributed by atoms with Crippen LogP contribution in [0.15, 0.2) is 89.8 Å². The van der Waals surface area contributed by atoms with Gasteiger partial charge in [0.05, 0.1) is 39.4 Å². The zero-order valence-electron chi connectivity index (χ0n) is 22.1. The van der Waals surface area contributed by atoms with Gasteiger partial charge in [0.1, 0.15) is 11.8 Å². The molecule has 5 aromatic rings. The van der Waals surface area contributed by atoms with Crippen LogP contribution < -0.4 is 10.1 Å². The molecule has 0 aliphatic rings. The Hall–Kier alpha value is -4.47. The summed E-state index contributed by atoms with van der Waals surface area (Å²) >= 11 is 6.14. The molecule has 1 atom stereocenters. The van der Waals surface area contributed by atoms with Crippen molar-refractivity contribution in [2.45, 2.75) is 17.4 Å². The minimum absolute atomic E-state index is 0.00888. The van der Waals surface area contributed by atoms with Crippen LogP contribution in [0.4, 0.5) is 0 Å². The molecule has 0 fully saturated rings. The Morgan fingerprint density at radius 2 is 1.73 bits per heavy atom. The first kappa shape index (κ1) is 28.1. The van der Waals surface area contributed by atoms with Gasteiger partial charge < -0.3 is 15.2 Å². The summed E-state index contributed by atoms with van der Waals surface area (Å²) in [6.45, 7) is 0. The van der Waals surface area contributed by atoms with Gasteiger partial charge in [-0.05, 0) is 58.8 Å². The number of carboxylic acids is 1. The lowest BCUT2D eigenvalue weighted by Crippen LogP contribution is -2.42. The van der Waals surface area contributed by atoms with Crippen molar-refractivity contribution in [1.82, 2.24) is 10.3 Å². The number of fused-ring (bicyclic) bond motifs is 2. The molecule has 0 unspecified atom stereocenters. The van der Waals surface area contributed by atoms with Crippen LogP contribution in [-0.2, 0) is 21.1 Å². The van der Waals surface area contributed by atoms with Crippen molar-refractivity contribution in [3.63, 3.8) is 0 Å². The maximum Gasteiger partial charge on any atom is 0.326 e. The lowest BCUT2D eigenvalue weighted by atomic mass is 9.99. The standard InChI is InChI=1S/C31H25ClN2O6S/c1-40-28-14-9-19-5-3-4-6-22(19)29(28)26-13-8-20-15-18(7-12-25(20)33-26)16-27(31(36)37)34-30(35)23-11-10-21(17-24(23)32)41(2,38)39/h3-15,17,27H,16H2,1-2H3,(H,34,35)(H,36,37)/t27-/m0/s1. The second-order valence-corrected chi connectivity index (χ2v) is 12.0. The number of hydrogen-bond acceptors (Lipinski definition) is 6. The maximum atomic E-state index is 12.8. The van der Waals surface area contributed by atoms with Crippen LogP contribution in [-0.4, -0.2) is 49.8 Å². The summed E-state index contributed by atoms with van der Waals surface area (Å²) in [5.74, 6) is -1.24. The Labute approximate surface area is 241 Å². The number of hydrogen-bond donors (Lipinski definition) is 2. The Balaban J connectivity index is 1.40. The summed E-state index contributed by atoms with van der Waals surface area (Å²) in [4.78, 5) is 29.7. The van der Waals surface area contributed by atoms with E-state index in [-0.39, 0.29) is 21.9 Å². The first-order valence-corrected chi connectivity index (χ1v) is 14.8. The fourth-order valence-corrected chi connectivity index (χ4v) is 5.69. The second-order valence-electron chi connectivity index (χ2n) is 9.57. The molecule has 1 heterocycles. The van der Waals surface area contributed by atoms with Crippen molar-refractivity contribution in [3.05, 3.63) is 101 Å². The smallest absolute Gasteiger partial charge is 0.326 e. The highest BCUT2D eigenvalue weighted by Crippen LogP contribution is 2.36. The van der Waals surface area contributed by atoms with Gasteiger partial charge in [-0.15, -0.1) is 0 Å². The number of carbonyl (C=O) groups is 2. The topological polar surface area (TPSA) is 123 Å². The number of nitrogens with zero attached hydrogens (tertiary/aromatic N) is 1. The van der Waals surface area contributed by atoms with Gasteiger partial charge in [0.2, 0.25) is 0 Å². The van der Waals surface area contributed by atoms with Gasteiger partial charge in [-0.25, -0.2) is 18.2 Å². The Morgan fingerprint density at radius 1 is 0.976 bits per heavy atom. The molecular formula is C31H25ClN2O6S. The molecule has 0 aliphatic carbocycles. The van der Waals surface area contributed by atoms with Crippen LogP contribution in [0.2, 0.25) is 5.02 Å². The van der Waals surface area contributed by atoms with Gasteiger partial charge in [0.15, 0.2) is 9.84 Å². The van der Waals surface area contributed by atoms with E-state index in [1.165, 1.54) is 18.2 Å². The van der Waals surface area contributed by atoms with E-state index in [9.17, 15) is 23.1 Å². The van der Waals surface area contributed by atoms with Crippen LogP contribution in [0.5, 0.6) is 5.75 Å². The highest BCUT2D eigenvalue weighted by Gasteiger charge is 2.23. The molecule has 41 heavy (non-hydrogen) atoms. The molecule has 10 heteroatoms. The van der Waals surface area contributed by atoms with Crippen molar-refractivity contribution in [3.8, 4) is 17.0 Å². The van der Waals surface area contributed by atoms with Crippen molar-refractivity contribution < 1.29 is 27.9 Å². The van der Waals surface area contributed by atoms with E-state index in [0.717, 1.165) is 39.2 Å². The number of methoxy groups -OCH3 is 1. The van der Waals surface area contributed by atoms with Gasteiger partial charge in [-0.3, -0.25) is 4.79 Å². The molecule has 0 radical (unpaired) electrons. The van der Waals surface area contributed by atoms with Crippen LogP contribution in [0.25, 0.3) is 32.9 Å². The normalized spacial score (nSPS) is 12.3. The summed E-state index contributed by atoms with van der Waals surface area (Å²) < 4.78 is 29.1. The first-order valence-electron chi connectivity index (χ1n) is 12.5. The van der Waals surface area contributed by atoms with Gasteiger partial charge in [-0.1, -0.05) is 54.1 Å². The number of sulfone groups is 1. The van der Waals surface area contributed by atoms with E-state index in [4.69, 9.17) is 21.3 Å². The zero-order chi connectivity index (χ0) is 29.3. The van der Waals surface area contributed by atoms with Crippen LogP contribution >= 0.6 is 11.6 Å². The monoisotopic (exact) mass is 588 g/mol. The number of pyridine rings is 1. The fourth-order valence-electron chi connectivity index (χ4n) is 4.71. The lowest BCUT2D eigenvalue weighted by molar-refractivity contribution is -0.139. The molecule has 2 N–H and O–H groups in total. The Bertz CT molecular complexity index is 1940. The molecule has 1 amide bonds. The number of carboxylic acid groups (broad SMARTS) is 1. The Kier molecular flexibility index (Phi) is 7.66. The van der Waals surface area contributed by atoms with Crippen molar-refractivity contribution >= 4 is 55.0 Å². The molecule has 0 saturated heterocycles. The average molecular weight is 589 g/mol. The Morgan fingerprint density at radius 3 is 2.44 bits per heavy atom. The molecule has 5 rings (SSSR count). The van der Waals surface area contributed by atoms with E-state index in [0.29, 0.717) is 11.3 Å². The summed E-state index contributed by atoms with van der Waals surface area (Å²) in [5, 5.41) is 15.1. The molecule has 4 aromatic carbocycles. The van der Waals surface area contributed by atoms with Crippen LogP contribution in [0, 0.1) is 0 Å². The van der Waals surface area contributed by atoms with E-state index < -0.39 is 27.8 Å². The first-order chi connectivity index (χ1) is 19.5. The highest BCUT2D eigenvalue weighted by atomic mass is 35.5. The van der Waals surface area contributed by atoms with Crippen molar-refractivity contribution in [2.24, 2.45) is 0 Å². The minimum Gasteiger partial charge on any atom is -0.496 e. The van der Waals surface area contributed by atoms with Gasteiger partial charge in [0.25, 0.3) is 5.91 Å². The predicted molar refractivity (Wildman–Crippen MR) is 158 cm³/mol. The molecule has 0 saturated carbocycles. The second kappa shape index (κ2) is 11.2.